The molecule has 0 saturated heterocycles. The van der Waals surface area contributed by atoms with Crippen LogP contribution in [0.1, 0.15) is 26.3 Å². The van der Waals surface area contributed by atoms with Crippen LogP contribution in [-0.4, -0.2) is 24.6 Å². The maximum absolute atomic E-state index is 11.9. The van der Waals surface area contributed by atoms with Crippen molar-refractivity contribution < 1.29 is 19.1 Å². The predicted octanol–water partition coefficient (Wildman–Crippen LogP) is 1.19. The van der Waals surface area contributed by atoms with Crippen LogP contribution >= 0.6 is 0 Å². The average Bonchev–Trinajstić information content (AvgIpc) is 2.91. The van der Waals surface area contributed by atoms with Crippen LogP contribution < -0.4 is 20.1 Å². The van der Waals surface area contributed by atoms with Gasteiger partial charge in [-0.15, -0.1) is 0 Å². The summed E-state index contributed by atoms with van der Waals surface area (Å²) in [5.41, 5.74) is 0.912. The molecule has 6 heteroatoms. The van der Waals surface area contributed by atoms with Gasteiger partial charge in [0.1, 0.15) is 6.04 Å². The monoisotopic (exact) mass is 292 g/mol. The molecule has 114 valence electrons. The molecule has 1 aromatic carbocycles. The lowest BCUT2D eigenvalue weighted by atomic mass is 10.1. The Hall–Kier alpha value is -2.24. The zero-order valence-electron chi connectivity index (χ0n) is 12.4. The summed E-state index contributed by atoms with van der Waals surface area (Å²) in [4.78, 5) is 23.5. The van der Waals surface area contributed by atoms with E-state index in [2.05, 4.69) is 10.6 Å². The van der Waals surface area contributed by atoms with Gasteiger partial charge in [0.25, 0.3) is 0 Å². The molecule has 6 nitrogen and oxygen atoms in total. The molecule has 2 amide bonds. The first kappa shape index (κ1) is 15.2. The van der Waals surface area contributed by atoms with E-state index in [-0.39, 0.29) is 24.5 Å². The van der Waals surface area contributed by atoms with E-state index in [1.54, 1.807) is 20.8 Å². The highest BCUT2D eigenvalue weighted by Gasteiger charge is 2.18. The number of amides is 2. The Morgan fingerprint density at radius 2 is 1.86 bits per heavy atom. The normalized spacial score (nSPS) is 13.9. The van der Waals surface area contributed by atoms with E-state index in [0.717, 1.165) is 5.56 Å². The Balaban J connectivity index is 1.85. The molecule has 1 aliphatic heterocycles. The fraction of sp³-hybridized carbons (Fsp3) is 0.467. The molecule has 0 spiro atoms. The standard InChI is InChI=1S/C15H20N2O4/c1-9(2)14(18)17-10(3)15(19)16-7-11-4-5-12-13(6-11)21-8-20-12/h4-6,9-10H,7-8H2,1-3H3,(H,16,19)(H,17,18)/t10-/m0/s1. The van der Waals surface area contributed by atoms with Crippen LogP contribution in [0.25, 0.3) is 0 Å². The Bertz CT molecular complexity index is 542. The van der Waals surface area contributed by atoms with Crippen LogP contribution in [0.3, 0.4) is 0 Å². The first-order chi connectivity index (χ1) is 9.97. The van der Waals surface area contributed by atoms with Gasteiger partial charge >= 0.3 is 0 Å². The van der Waals surface area contributed by atoms with Gasteiger partial charge in [0.05, 0.1) is 0 Å². The number of benzene rings is 1. The minimum Gasteiger partial charge on any atom is -0.454 e. The minimum absolute atomic E-state index is 0.138. The molecule has 1 heterocycles. The fourth-order valence-corrected chi connectivity index (χ4v) is 1.84. The predicted molar refractivity (Wildman–Crippen MR) is 76.9 cm³/mol. The molecular weight excluding hydrogens is 272 g/mol. The highest BCUT2D eigenvalue weighted by Crippen LogP contribution is 2.32. The number of hydrogen-bond donors (Lipinski definition) is 2. The van der Waals surface area contributed by atoms with Crippen LogP contribution in [-0.2, 0) is 16.1 Å². The summed E-state index contributed by atoms with van der Waals surface area (Å²) in [6.07, 6.45) is 0. The van der Waals surface area contributed by atoms with E-state index in [4.69, 9.17) is 9.47 Å². The van der Waals surface area contributed by atoms with Crippen molar-refractivity contribution in [2.75, 3.05) is 6.79 Å². The zero-order valence-corrected chi connectivity index (χ0v) is 12.4. The van der Waals surface area contributed by atoms with Crippen molar-refractivity contribution in [2.24, 2.45) is 5.92 Å². The Morgan fingerprint density at radius 3 is 2.57 bits per heavy atom. The van der Waals surface area contributed by atoms with Gasteiger partial charge < -0.3 is 20.1 Å². The lowest BCUT2D eigenvalue weighted by Crippen LogP contribution is -2.45. The number of nitrogens with one attached hydrogen (secondary N) is 2. The van der Waals surface area contributed by atoms with Gasteiger partial charge in [-0.3, -0.25) is 9.59 Å². The molecule has 1 aromatic rings. The lowest BCUT2D eigenvalue weighted by molar-refractivity contribution is -0.130. The van der Waals surface area contributed by atoms with E-state index < -0.39 is 6.04 Å². The van der Waals surface area contributed by atoms with Gasteiger partial charge in [-0.05, 0) is 24.6 Å². The van der Waals surface area contributed by atoms with Crippen molar-refractivity contribution in [3.8, 4) is 11.5 Å². The quantitative estimate of drug-likeness (QED) is 0.854. The van der Waals surface area contributed by atoms with Crippen molar-refractivity contribution >= 4 is 11.8 Å². The molecule has 2 rings (SSSR count). The molecule has 2 N–H and O–H groups in total. The van der Waals surface area contributed by atoms with Gasteiger partial charge in [0.15, 0.2) is 11.5 Å². The summed E-state index contributed by atoms with van der Waals surface area (Å²) >= 11 is 0. The van der Waals surface area contributed by atoms with Crippen molar-refractivity contribution in [3.05, 3.63) is 23.8 Å². The summed E-state index contributed by atoms with van der Waals surface area (Å²) in [5.74, 6) is 0.891. The van der Waals surface area contributed by atoms with E-state index in [1.807, 2.05) is 18.2 Å². The topological polar surface area (TPSA) is 76.7 Å². The van der Waals surface area contributed by atoms with Crippen LogP contribution in [0.2, 0.25) is 0 Å². The van der Waals surface area contributed by atoms with E-state index >= 15 is 0 Å². The largest absolute Gasteiger partial charge is 0.454 e. The SMILES string of the molecule is CC(C)C(=O)N[C@@H](C)C(=O)NCc1ccc2c(c1)OCO2. The molecule has 0 aromatic heterocycles. The summed E-state index contributed by atoms with van der Waals surface area (Å²) in [6.45, 7) is 5.83. The average molecular weight is 292 g/mol. The van der Waals surface area contributed by atoms with Crippen molar-refractivity contribution in [3.63, 3.8) is 0 Å². The van der Waals surface area contributed by atoms with Crippen LogP contribution in [0, 0.1) is 5.92 Å². The van der Waals surface area contributed by atoms with Crippen LogP contribution in [0.4, 0.5) is 0 Å². The second-order valence-electron chi connectivity index (χ2n) is 5.29. The van der Waals surface area contributed by atoms with Gasteiger partial charge in [-0.2, -0.15) is 0 Å². The van der Waals surface area contributed by atoms with E-state index in [0.29, 0.717) is 18.0 Å². The van der Waals surface area contributed by atoms with Crippen molar-refractivity contribution in [1.82, 2.24) is 10.6 Å². The highest BCUT2D eigenvalue weighted by atomic mass is 16.7. The summed E-state index contributed by atoms with van der Waals surface area (Å²) in [5, 5.41) is 5.45. The van der Waals surface area contributed by atoms with Gasteiger partial charge in [-0.1, -0.05) is 19.9 Å². The lowest BCUT2D eigenvalue weighted by Gasteiger charge is -2.15. The van der Waals surface area contributed by atoms with Gasteiger partial charge in [0, 0.05) is 12.5 Å². The summed E-state index contributed by atoms with van der Waals surface area (Å²) in [7, 11) is 0. The molecule has 1 atom stereocenters. The number of fused-ring (bicyclic) bond motifs is 1. The number of carbonyl (C=O) groups is 2. The van der Waals surface area contributed by atoms with E-state index in [9.17, 15) is 9.59 Å². The summed E-state index contributed by atoms with van der Waals surface area (Å²) < 4.78 is 10.5. The van der Waals surface area contributed by atoms with Crippen LogP contribution in [0.15, 0.2) is 18.2 Å². The van der Waals surface area contributed by atoms with Crippen molar-refractivity contribution in [2.45, 2.75) is 33.4 Å². The number of hydrogen-bond acceptors (Lipinski definition) is 4. The Labute approximate surface area is 123 Å². The first-order valence-corrected chi connectivity index (χ1v) is 6.94. The number of carbonyl (C=O) groups excluding carboxylic acids is 2. The molecule has 0 unspecified atom stereocenters. The minimum atomic E-state index is -0.561. The van der Waals surface area contributed by atoms with Gasteiger partial charge in [-0.25, -0.2) is 0 Å². The Kier molecular flexibility index (Phi) is 4.67. The fourth-order valence-electron chi connectivity index (χ4n) is 1.84. The highest BCUT2D eigenvalue weighted by molar-refractivity contribution is 5.87. The third-order valence-electron chi connectivity index (χ3n) is 3.18. The molecular formula is C15H20N2O4. The molecule has 21 heavy (non-hydrogen) atoms. The maximum atomic E-state index is 11.9. The zero-order chi connectivity index (χ0) is 15.4. The second kappa shape index (κ2) is 6.47. The Morgan fingerprint density at radius 1 is 1.14 bits per heavy atom. The smallest absolute Gasteiger partial charge is 0.242 e. The first-order valence-electron chi connectivity index (χ1n) is 6.94. The molecule has 0 saturated carbocycles. The van der Waals surface area contributed by atoms with Gasteiger partial charge in [0.2, 0.25) is 18.6 Å². The summed E-state index contributed by atoms with van der Waals surface area (Å²) in [6, 6.07) is 4.95. The second-order valence-corrected chi connectivity index (χ2v) is 5.29. The number of ether oxygens (including phenoxy) is 2. The third-order valence-corrected chi connectivity index (χ3v) is 3.18. The molecule has 0 fully saturated rings. The molecule has 0 aliphatic carbocycles. The van der Waals surface area contributed by atoms with Crippen molar-refractivity contribution in [1.29, 1.82) is 0 Å². The molecule has 0 bridgehead atoms. The van der Waals surface area contributed by atoms with E-state index in [1.165, 1.54) is 0 Å². The molecule has 0 radical (unpaired) electrons. The molecule has 1 aliphatic rings. The number of rotatable bonds is 5. The van der Waals surface area contributed by atoms with Crippen LogP contribution in [0.5, 0.6) is 11.5 Å². The third kappa shape index (κ3) is 3.87. The maximum Gasteiger partial charge on any atom is 0.242 e.